The lowest BCUT2D eigenvalue weighted by atomic mass is 9.94. The van der Waals surface area contributed by atoms with Gasteiger partial charge in [-0.25, -0.2) is 14.3 Å². The summed E-state index contributed by atoms with van der Waals surface area (Å²) in [7, 11) is 0. The third kappa shape index (κ3) is 3.89. The van der Waals surface area contributed by atoms with E-state index >= 15 is 0 Å². The Bertz CT molecular complexity index is 1400. The largest absolute Gasteiger partial charge is 0.324 e. The molecule has 8 heteroatoms. The van der Waals surface area contributed by atoms with Crippen LogP contribution in [-0.4, -0.2) is 25.9 Å². The summed E-state index contributed by atoms with van der Waals surface area (Å²) in [5.74, 6) is 0.466. The number of allylic oxidation sites excluding steroid dienone is 1. The van der Waals surface area contributed by atoms with Crippen LogP contribution in [0.15, 0.2) is 53.3 Å². The van der Waals surface area contributed by atoms with E-state index in [0.29, 0.717) is 23.5 Å². The molecule has 0 amide bonds. The van der Waals surface area contributed by atoms with E-state index in [-0.39, 0.29) is 11.0 Å². The number of hydrogen-bond donors (Lipinski definition) is 2. The van der Waals surface area contributed by atoms with Crippen LogP contribution in [0.5, 0.6) is 0 Å². The number of nitrogens with zero attached hydrogens (tertiary/aromatic N) is 4. The first kappa shape index (κ1) is 21.6. The van der Waals surface area contributed by atoms with Gasteiger partial charge in [0.05, 0.1) is 12.2 Å². The normalized spacial score (nSPS) is 13.8. The lowest BCUT2D eigenvalue weighted by molar-refractivity contribution is 0.570. The Morgan fingerprint density at radius 2 is 2.12 bits per heavy atom. The van der Waals surface area contributed by atoms with Crippen molar-refractivity contribution in [1.29, 1.82) is 0 Å². The summed E-state index contributed by atoms with van der Waals surface area (Å²) in [6.45, 7) is 12.7. The van der Waals surface area contributed by atoms with Crippen LogP contribution in [0.3, 0.4) is 0 Å². The SMILES string of the molecule is C=CCn1c(=O)c2cnc(Nc3ccc4c(c3)CCNC4)nc2n1-c1ccsc1C(C)(C)C. The molecular weight excluding hydrogens is 432 g/mol. The topological polar surface area (TPSA) is 76.8 Å². The maximum Gasteiger partial charge on any atom is 0.278 e. The number of thiophene rings is 1. The number of anilines is 2. The van der Waals surface area contributed by atoms with Gasteiger partial charge in [-0.05, 0) is 53.1 Å². The monoisotopic (exact) mass is 460 g/mol. The van der Waals surface area contributed by atoms with Gasteiger partial charge >= 0.3 is 0 Å². The maximum absolute atomic E-state index is 13.2. The highest BCUT2D eigenvalue weighted by Crippen LogP contribution is 2.34. The molecule has 0 saturated carbocycles. The van der Waals surface area contributed by atoms with Gasteiger partial charge in [-0.3, -0.25) is 4.79 Å². The predicted octanol–water partition coefficient (Wildman–Crippen LogP) is 4.52. The molecule has 5 rings (SSSR count). The van der Waals surface area contributed by atoms with Crippen LogP contribution in [0.1, 0.15) is 36.8 Å². The van der Waals surface area contributed by atoms with E-state index in [4.69, 9.17) is 4.98 Å². The highest BCUT2D eigenvalue weighted by molar-refractivity contribution is 7.10. The molecule has 7 nitrogen and oxygen atoms in total. The van der Waals surface area contributed by atoms with Gasteiger partial charge in [0.1, 0.15) is 5.39 Å². The number of nitrogens with one attached hydrogen (secondary N) is 2. The number of rotatable bonds is 5. The average molecular weight is 461 g/mol. The van der Waals surface area contributed by atoms with Crippen molar-refractivity contribution >= 4 is 34.0 Å². The van der Waals surface area contributed by atoms with Crippen molar-refractivity contribution in [2.45, 2.75) is 45.7 Å². The summed E-state index contributed by atoms with van der Waals surface area (Å²) < 4.78 is 3.60. The van der Waals surface area contributed by atoms with Crippen LogP contribution in [0.4, 0.5) is 11.6 Å². The molecule has 0 unspecified atom stereocenters. The lowest BCUT2D eigenvalue weighted by Crippen LogP contribution is -2.23. The van der Waals surface area contributed by atoms with E-state index in [0.717, 1.165) is 30.9 Å². The second-order valence-electron chi connectivity index (χ2n) is 9.34. The maximum atomic E-state index is 13.2. The molecule has 0 aliphatic carbocycles. The second-order valence-corrected chi connectivity index (χ2v) is 10.3. The van der Waals surface area contributed by atoms with E-state index in [1.807, 2.05) is 10.7 Å². The van der Waals surface area contributed by atoms with E-state index in [1.165, 1.54) is 16.0 Å². The molecule has 4 aromatic rings. The summed E-state index contributed by atoms with van der Waals surface area (Å²) in [4.78, 5) is 23.7. The van der Waals surface area contributed by atoms with Gasteiger partial charge in [0, 0.05) is 23.3 Å². The molecule has 170 valence electrons. The van der Waals surface area contributed by atoms with Gasteiger partial charge in [-0.2, -0.15) is 4.98 Å². The summed E-state index contributed by atoms with van der Waals surface area (Å²) >= 11 is 1.69. The lowest BCUT2D eigenvalue weighted by Gasteiger charge is -2.21. The molecule has 0 atom stereocenters. The standard InChI is InChI=1S/C25H28N6OS/c1-5-11-30-23(32)19-15-27-24(28-18-7-6-17-14-26-10-8-16(17)13-18)29-22(19)31(30)20-9-12-33-21(20)25(2,3)4/h5-7,9,12-13,15,26H,1,8,10-11,14H2,2-4H3,(H,27,28,29). The fourth-order valence-electron chi connectivity index (χ4n) is 4.33. The molecule has 3 aromatic heterocycles. The molecule has 4 heterocycles. The van der Waals surface area contributed by atoms with Crippen LogP contribution in [0.2, 0.25) is 0 Å². The van der Waals surface area contributed by atoms with Crippen LogP contribution in [0, 0.1) is 0 Å². The fraction of sp³-hybridized carbons (Fsp3) is 0.320. The van der Waals surface area contributed by atoms with Gasteiger partial charge in [0.15, 0.2) is 5.65 Å². The zero-order chi connectivity index (χ0) is 23.2. The van der Waals surface area contributed by atoms with Crippen LogP contribution in [0.25, 0.3) is 16.7 Å². The Hall–Kier alpha value is -3.23. The van der Waals surface area contributed by atoms with E-state index < -0.39 is 0 Å². The van der Waals surface area contributed by atoms with Crippen molar-refractivity contribution in [3.8, 4) is 5.69 Å². The van der Waals surface area contributed by atoms with Crippen LogP contribution >= 0.6 is 11.3 Å². The Morgan fingerprint density at radius 3 is 2.91 bits per heavy atom. The zero-order valence-electron chi connectivity index (χ0n) is 19.2. The van der Waals surface area contributed by atoms with E-state index in [9.17, 15) is 4.79 Å². The molecule has 33 heavy (non-hydrogen) atoms. The third-order valence-corrected chi connectivity index (χ3v) is 7.21. The zero-order valence-corrected chi connectivity index (χ0v) is 20.0. The molecule has 2 N–H and O–H groups in total. The quantitative estimate of drug-likeness (QED) is 0.429. The Morgan fingerprint density at radius 1 is 1.27 bits per heavy atom. The Kier molecular flexibility index (Phi) is 5.42. The number of aromatic nitrogens is 4. The minimum absolute atomic E-state index is 0.0682. The van der Waals surface area contributed by atoms with Crippen molar-refractivity contribution in [2.75, 3.05) is 11.9 Å². The minimum Gasteiger partial charge on any atom is -0.324 e. The number of fused-ring (bicyclic) bond motifs is 2. The second kappa shape index (κ2) is 8.28. The summed E-state index contributed by atoms with van der Waals surface area (Å²) in [5.41, 5.74) is 4.97. The smallest absolute Gasteiger partial charge is 0.278 e. The first-order chi connectivity index (χ1) is 15.9. The van der Waals surface area contributed by atoms with Crippen molar-refractivity contribution < 1.29 is 0 Å². The van der Waals surface area contributed by atoms with E-state index in [1.54, 1.807) is 28.3 Å². The molecule has 0 bridgehead atoms. The fourth-order valence-corrected chi connectivity index (χ4v) is 5.30. The number of benzene rings is 1. The van der Waals surface area contributed by atoms with Crippen LogP contribution < -0.4 is 16.2 Å². The number of hydrogen-bond acceptors (Lipinski definition) is 6. The van der Waals surface area contributed by atoms with Gasteiger partial charge in [0.25, 0.3) is 5.56 Å². The minimum atomic E-state index is -0.121. The Labute approximate surface area is 196 Å². The summed E-state index contributed by atoms with van der Waals surface area (Å²) in [5, 5.41) is 9.29. The van der Waals surface area contributed by atoms with Crippen molar-refractivity contribution in [3.63, 3.8) is 0 Å². The molecule has 1 aliphatic rings. The molecule has 0 saturated heterocycles. The Balaban J connectivity index is 1.63. The average Bonchev–Trinajstić information content (AvgIpc) is 3.37. The van der Waals surface area contributed by atoms with Gasteiger partial charge in [-0.1, -0.05) is 32.9 Å². The van der Waals surface area contributed by atoms with Crippen molar-refractivity contribution in [1.82, 2.24) is 24.6 Å². The molecule has 0 fully saturated rings. The molecule has 1 aliphatic heterocycles. The summed E-state index contributed by atoms with van der Waals surface area (Å²) in [6, 6.07) is 8.40. The van der Waals surface area contributed by atoms with E-state index in [2.05, 4.69) is 66.5 Å². The highest BCUT2D eigenvalue weighted by Gasteiger charge is 2.25. The van der Waals surface area contributed by atoms with Gasteiger partial charge in [0.2, 0.25) is 5.95 Å². The summed E-state index contributed by atoms with van der Waals surface area (Å²) in [6.07, 6.45) is 4.35. The molecule has 0 spiro atoms. The van der Waals surface area contributed by atoms with Gasteiger partial charge in [-0.15, -0.1) is 17.9 Å². The van der Waals surface area contributed by atoms with Gasteiger partial charge < -0.3 is 10.6 Å². The van der Waals surface area contributed by atoms with Crippen molar-refractivity contribution in [2.24, 2.45) is 0 Å². The molecule has 0 radical (unpaired) electrons. The van der Waals surface area contributed by atoms with Crippen LogP contribution in [-0.2, 0) is 24.9 Å². The first-order valence-electron chi connectivity index (χ1n) is 11.1. The molecular formula is C25H28N6OS. The highest BCUT2D eigenvalue weighted by atomic mass is 32.1. The third-order valence-electron chi connectivity index (χ3n) is 5.88. The predicted molar refractivity (Wildman–Crippen MR) is 135 cm³/mol. The first-order valence-corrected chi connectivity index (χ1v) is 12.0. The van der Waals surface area contributed by atoms with Crippen molar-refractivity contribution in [3.05, 3.63) is 74.9 Å². The molecule has 1 aromatic carbocycles.